The van der Waals surface area contributed by atoms with E-state index in [1.54, 1.807) is 35.6 Å². The fraction of sp³-hybridized carbons (Fsp3) is 0.421. The van der Waals surface area contributed by atoms with E-state index < -0.39 is 9.84 Å². The first-order chi connectivity index (χ1) is 12.4. The molecule has 0 atom stereocenters. The predicted octanol–water partition coefficient (Wildman–Crippen LogP) is 2.29. The molecule has 0 aliphatic carbocycles. The maximum absolute atomic E-state index is 12.7. The van der Waals surface area contributed by atoms with Crippen LogP contribution in [0.5, 0.6) is 0 Å². The van der Waals surface area contributed by atoms with Gasteiger partial charge >= 0.3 is 0 Å². The van der Waals surface area contributed by atoms with Crippen molar-refractivity contribution in [1.82, 2.24) is 9.80 Å². The largest absolute Gasteiger partial charge is 0.336 e. The van der Waals surface area contributed by atoms with E-state index in [1.807, 2.05) is 4.90 Å². The number of carbonyl (C=O) groups excluding carboxylic acids is 1. The predicted molar refractivity (Wildman–Crippen MR) is 105 cm³/mol. The SMILES string of the molecule is CS(=O)(=O)Cc1cccc(C(=O)N2CCN(CCc3cccs3)CC2)c1. The van der Waals surface area contributed by atoms with Gasteiger partial charge in [0, 0.05) is 49.4 Å². The first-order valence-electron chi connectivity index (χ1n) is 8.71. The second kappa shape index (κ2) is 8.33. The van der Waals surface area contributed by atoms with Gasteiger partial charge in [-0.15, -0.1) is 11.3 Å². The van der Waals surface area contributed by atoms with Crippen LogP contribution in [0.25, 0.3) is 0 Å². The van der Waals surface area contributed by atoms with Crippen LogP contribution >= 0.6 is 11.3 Å². The summed E-state index contributed by atoms with van der Waals surface area (Å²) in [5.41, 5.74) is 1.23. The summed E-state index contributed by atoms with van der Waals surface area (Å²) in [5, 5.41) is 2.10. The molecule has 1 aromatic heterocycles. The lowest BCUT2D eigenvalue weighted by atomic mass is 10.1. The van der Waals surface area contributed by atoms with Crippen molar-refractivity contribution in [1.29, 1.82) is 0 Å². The van der Waals surface area contributed by atoms with Crippen molar-refractivity contribution in [3.63, 3.8) is 0 Å². The van der Waals surface area contributed by atoms with Gasteiger partial charge in [-0.05, 0) is 35.6 Å². The van der Waals surface area contributed by atoms with Crippen LogP contribution in [0, 0.1) is 0 Å². The van der Waals surface area contributed by atoms with E-state index in [9.17, 15) is 13.2 Å². The van der Waals surface area contributed by atoms with Gasteiger partial charge in [0.15, 0.2) is 9.84 Å². The van der Waals surface area contributed by atoms with Crippen molar-refractivity contribution in [3.8, 4) is 0 Å². The molecule has 0 unspecified atom stereocenters. The van der Waals surface area contributed by atoms with Crippen molar-refractivity contribution in [2.75, 3.05) is 39.0 Å². The summed E-state index contributed by atoms with van der Waals surface area (Å²) in [4.78, 5) is 18.4. The van der Waals surface area contributed by atoms with Gasteiger partial charge in [0.1, 0.15) is 0 Å². The van der Waals surface area contributed by atoms with Crippen molar-refractivity contribution < 1.29 is 13.2 Å². The van der Waals surface area contributed by atoms with Crippen LogP contribution in [-0.2, 0) is 22.0 Å². The van der Waals surface area contributed by atoms with Crippen molar-refractivity contribution in [2.45, 2.75) is 12.2 Å². The van der Waals surface area contributed by atoms with Gasteiger partial charge in [0.25, 0.3) is 5.91 Å². The Morgan fingerprint density at radius 2 is 1.88 bits per heavy atom. The Balaban J connectivity index is 1.54. The van der Waals surface area contributed by atoms with Gasteiger partial charge in [-0.2, -0.15) is 0 Å². The average Bonchev–Trinajstić information content (AvgIpc) is 3.12. The molecule has 5 nitrogen and oxygen atoms in total. The van der Waals surface area contributed by atoms with E-state index in [1.165, 1.54) is 11.1 Å². The molecule has 140 valence electrons. The van der Waals surface area contributed by atoms with Crippen LogP contribution in [0.2, 0.25) is 0 Å². The maximum Gasteiger partial charge on any atom is 0.253 e. The van der Waals surface area contributed by atoms with Crippen LogP contribution in [0.1, 0.15) is 20.8 Å². The summed E-state index contributed by atoms with van der Waals surface area (Å²) in [5.74, 6) is -0.0526. The molecule has 2 heterocycles. The Morgan fingerprint density at radius 3 is 2.54 bits per heavy atom. The van der Waals surface area contributed by atoms with Gasteiger partial charge in [-0.25, -0.2) is 8.42 Å². The molecular weight excluding hydrogens is 368 g/mol. The highest BCUT2D eigenvalue weighted by Gasteiger charge is 2.22. The minimum absolute atomic E-state index is 0.0155. The zero-order valence-corrected chi connectivity index (χ0v) is 16.6. The first-order valence-corrected chi connectivity index (χ1v) is 11.7. The molecule has 3 rings (SSSR count). The number of hydrogen-bond acceptors (Lipinski definition) is 5. The smallest absolute Gasteiger partial charge is 0.253 e. The van der Waals surface area contributed by atoms with Crippen LogP contribution < -0.4 is 0 Å². The van der Waals surface area contributed by atoms with Gasteiger partial charge in [-0.3, -0.25) is 9.69 Å². The molecule has 0 bridgehead atoms. The molecule has 0 spiro atoms. The number of carbonyl (C=O) groups is 1. The standard InChI is InChI=1S/C19H24N2O3S2/c1-26(23,24)15-16-4-2-5-17(14-16)19(22)21-11-9-20(10-12-21)8-7-18-6-3-13-25-18/h2-6,13-14H,7-12,15H2,1H3. The molecule has 26 heavy (non-hydrogen) atoms. The van der Waals surface area contributed by atoms with E-state index in [0.29, 0.717) is 24.2 Å². The minimum Gasteiger partial charge on any atom is -0.336 e. The van der Waals surface area contributed by atoms with Gasteiger partial charge in [-0.1, -0.05) is 18.2 Å². The van der Waals surface area contributed by atoms with Gasteiger partial charge in [0.2, 0.25) is 0 Å². The Kier molecular flexibility index (Phi) is 6.11. The molecule has 0 saturated carbocycles. The Hall–Kier alpha value is -1.70. The highest BCUT2D eigenvalue weighted by atomic mass is 32.2. The lowest BCUT2D eigenvalue weighted by Crippen LogP contribution is -2.49. The number of sulfone groups is 1. The first kappa shape index (κ1) is 19.1. The summed E-state index contributed by atoms with van der Waals surface area (Å²) in [6.07, 6.45) is 2.26. The van der Waals surface area contributed by atoms with E-state index in [-0.39, 0.29) is 11.7 Å². The third-order valence-electron chi connectivity index (χ3n) is 4.52. The molecule has 1 saturated heterocycles. The monoisotopic (exact) mass is 392 g/mol. The summed E-state index contributed by atoms with van der Waals surface area (Å²) >= 11 is 1.79. The number of benzene rings is 1. The molecule has 0 N–H and O–H groups in total. The van der Waals surface area contributed by atoms with Gasteiger partial charge in [0.05, 0.1) is 5.75 Å². The highest BCUT2D eigenvalue weighted by molar-refractivity contribution is 7.89. The molecular formula is C19H24N2O3S2. The number of amides is 1. The number of nitrogens with zero attached hydrogens (tertiary/aromatic N) is 2. The number of hydrogen-bond donors (Lipinski definition) is 0. The quantitative estimate of drug-likeness (QED) is 0.757. The van der Waals surface area contributed by atoms with Crippen molar-refractivity contribution in [2.24, 2.45) is 0 Å². The average molecular weight is 393 g/mol. The number of thiophene rings is 1. The van der Waals surface area contributed by atoms with E-state index in [0.717, 1.165) is 26.1 Å². The second-order valence-electron chi connectivity index (χ2n) is 6.73. The Labute approximate surface area is 159 Å². The zero-order chi connectivity index (χ0) is 18.6. The van der Waals surface area contributed by atoms with Crippen molar-refractivity contribution in [3.05, 3.63) is 57.8 Å². The molecule has 2 aromatic rings. The van der Waals surface area contributed by atoms with E-state index in [4.69, 9.17) is 0 Å². The highest BCUT2D eigenvalue weighted by Crippen LogP contribution is 2.14. The Morgan fingerprint density at radius 1 is 1.12 bits per heavy atom. The minimum atomic E-state index is -3.11. The van der Waals surface area contributed by atoms with Crippen molar-refractivity contribution >= 4 is 27.1 Å². The van der Waals surface area contributed by atoms with Gasteiger partial charge < -0.3 is 4.90 Å². The second-order valence-corrected chi connectivity index (χ2v) is 9.91. The molecule has 1 aliphatic rings. The molecule has 1 aromatic carbocycles. The molecule has 1 fully saturated rings. The summed E-state index contributed by atoms with van der Waals surface area (Å²) in [6, 6.07) is 11.2. The fourth-order valence-corrected chi connectivity index (χ4v) is 4.66. The fourth-order valence-electron chi connectivity index (χ4n) is 3.18. The molecule has 0 radical (unpaired) electrons. The zero-order valence-electron chi connectivity index (χ0n) is 14.9. The maximum atomic E-state index is 12.7. The van der Waals surface area contributed by atoms with Crippen LogP contribution in [0.15, 0.2) is 41.8 Å². The third-order valence-corrected chi connectivity index (χ3v) is 6.31. The molecule has 7 heteroatoms. The molecule has 1 aliphatic heterocycles. The molecule has 1 amide bonds. The number of piperazine rings is 1. The third kappa shape index (κ3) is 5.40. The normalized spacial score (nSPS) is 16.0. The Bertz CT molecular complexity index is 839. The van der Waals surface area contributed by atoms with E-state index >= 15 is 0 Å². The summed E-state index contributed by atoms with van der Waals surface area (Å²) in [6.45, 7) is 4.19. The van der Waals surface area contributed by atoms with Crippen LogP contribution in [0.3, 0.4) is 0 Å². The van der Waals surface area contributed by atoms with Crippen LogP contribution in [-0.4, -0.2) is 63.1 Å². The topological polar surface area (TPSA) is 57.7 Å². The number of rotatable bonds is 6. The van der Waals surface area contributed by atoms with E-state index in [2.05, 4.69) is 22.4 Å². The summed E-state index contributed by atoms with van der Waals surface area (Å²) in [7, 11) is -3.11. The lowest BCUT2D eigenvalue weighted by molar-refractivity contribution is 0.0638. The van der Waals surface area contributed by atoms with Crippen LogP contribution in [0.4, 0.5) is 0 Å². The lowest BCUT2D eigenvalue weighted by Gasteiger charge is -2.34. The summed E-state index contributed by atoms with van der Waals surface area (Å²) < 4.78 is 22.9.